The lowest BCUT2D eigenvalue weighted by molar-refractivity contribution is 0.367. The number of halogens is 1. The maximum atomic E-state index is 3.67. The molecule has 0 aliphatic rings. The van der Waals surface area contributed by atoms with Crippen LogP contribution in [0.25, 0.3) is 0 Å². The lowest BCUT2D eigenvalue weighted by Crippen LogP contribution is -2.40. The van der Waals surface area contributed by atoms with Crippen LogP contribution in [0, 0.1) is 5.92 Å². The zero-order chi connectivity index (χ0) is 15.3. The number of rotatable bonds is 6. The molecule has 1 atom stereocenters. The van der Waals surface area contributed by atoms with Gasteiger partial charge in [-0.1, -0.05) is 34.1 Å². The second kappa shape index (κ2) is 7.57. The van der Waals surface area contributed by atoms with Crippen molar-refractivity contribution in [2.45, 2.75) is 39.2 Å². The molecular formula is C18H24BrNS. The lowest BCUT2D eigenvalue weighted by atomic mass is 9.92. The molecule has 0 saturated heterocycles. The fourth-order valence-corrected chi connectivity index (χ4v) is 3.51. The Morgan fingerprint density at radius 3 is 2.52 bits per heavy atom. The van der Waals surface area contributed by atoms with Crippen LogP contribution in [0.5, 0.6) is 0 Å². The van der Waals surface area contributed by atoms with Crippen LogP contribution in [-0.4, -0.2) is 12.1 Å². The van der Waals surface area contributed by atoms with Gasteiger partial charge in [0.2, 0.25) is 0 Å². The fourth-order valence-electron chi connectivity index (χ4n) is 2.38. The van der Waals surface area contributed by atoms with Gasteiger partial charge in [-0.2, -0.15) is 11.3 Å². The van der Waals surface area contributed by atoms with Gasteiger partial charge in [0.15, 0.2) is 0 Å². The first-order valence-corrected chi connectivity index (χ1v) is 9.17. The zero-order valence-electron chi connectivity index (χ0n) is 13.0. The molecule has 1 nitrogen and oxygen atoms in total. The number of hydrogen-bond acceptors (Lipinski definition) is 2. The third-order valence-corrected chi connectivity index (χ3v) is 5.00. The highest BCUT2D eigenvalue weighted by Gasteiger charge is 2.16. The van der Waals surface area contributed by atoms with Crippen molar-refractivity contribution in [1.29, 1.82) is 0 Å². The van der Waals surface area contributed by atoms with E-state index >= 15 is 0 Å². The van der Waals surface area contributed by atoms with Crippen molar-refractivity contribution < 1.29 is 0 Å². The van der Waals surface area contributed by atoms with E-state index in [9.17, 15) is 0 Å². The highest BCUT2D eigenvalue weighted by molar-refractivity contribution is 9.10. The summed E-state index contributed by atoms with van der Waals surface area (Å²) in [5, 5.41) is 8.10. The molecule has 0 saturated carbocycles. The minimum absolute atomic E-state index is 0.167. The Morgan fingerprint density at radius 1 is 1.14 bits per heavy atom. The molecule has 1 aromatic heterocycles. The molecule has 0 spiro atoms. The summed E-state index contributed by atoms with van der Waals surface area (Å²) in [6.45, 7) is 7.73. The van der Waals surface area contributed by atoms with E-state index in [0.717, 1.165) is 19.4 Å². The molecule has 1 unspecified atom stereocenters. The molecule has 21 heavy (non-hydrogen) atoms. The average Bonchev–Trinajstić information content (AvgIpc) is 2.90. The summed E-state index contributed by atoms with van der Waals surface area (Å²) in [5.41, 5.74) is 3.02. The smallest absolute Gasteiger partial charge is 0.0207 e. The Labute approximate surface area is 140 Å². The van der Waals surface area contributed by atoms with Crippen molar-refractivity contribution in [3.05, 3.63) is 56.7 Å². The molecule has 1 heterocycles. The van der Waals surface area contributed by atoms with Gasteiger partial charge < -0.3 is 5.32 Å². The molecule has 0 radical (unpaired) electrons. The second-order valence-corrected chi connectivity index (χ2v) is 8.26. The van der Waals surface area contributed by atoms with Crippen molar-refractivity contribution in [2.24, 2.45) is 5.92 Å². The van der Waals surface area contributed by atoms with Gasteiger partial charge in [-0.3, -0.25) is 0 Å². The highest BCUT2D eigenvalue weighted by Crippen LogP contribution is 2.22. The summed E-state index contributed by atoms with van der Waals surface area (Å²) in [5.74, 6) is 0.609. The average molecular weight is 366 g/mol. The van der Waals surface area contributed by atoms with Crippen LogP contribution < -0.4 is 5.32 Å². The topological polar surface area (TPSA) is 12.0 Å². The van der Waals surface area contributed by atoms with Gasteiger partial charge in [0, 0.05) is 10.0 Å². The number of benzene rings is 1. The molecule has 1 aromatic carbocycles. The first-order chi connectivity index (χ1) is 9.94. The summed E-state index contributed by atoms with van der Waals surface area (Å²) >= 11 is 5.46. The molecule has 0 aliphatic carbocycles. The molecule has 1 N–H and O–H groups in total. The SMILES string of the molecule is CC(C)(C)NCC(Cc1ccsc1)Cc1ccccc1Br. The van der Waals surface area contributed by atoms with Gasteiger partial charge in [0.05, 0.1) is 0 Å². The maximum absolute atomic E-state index is 3.67. The minimum atomic E-state index is 0.167. The normalized spacial score (nSPS) is 13.3. The number of nitrogens with one attached hydrogen (secondary N) is 1. The monoisotopic (exact) mass is 365 g/mol. The fraction of sp³-hybridized carbons (Fsp3) is 0.444. The standard InChI is InChI=1S/C18H24BrNS/c1-18(2,3)20-12-15(10-14-8-9-21-13-14)11-16-6-4-5-7-17(16)19/h4-9,13,15,20H,10-12H2,1-3H3. The van der Waals surface area contributed by atoms with Crippen LogP contribution in [0.15, 0.2) is 45.6 Å². The molecule has 2 aromatic rings. The first-order valence-electron chi connectivity index (χ1n) is 7.43. The maximum Gasteiger partial charge on any atom is 0.0207 e. The number of thiophene rings is 1. The van der Waals surface area contributed by atoms with Crippen molar-refractivity contribution in [2.75, 3.05) is 6.54 Å². The van der Waals surface area contributed by atoms with Crippen LogP contribution in [0.3, 0.4) is 0 Å². The van der Waals surface area contributed by atoms with Crippen LogP contribution in [0.4, 0.5) is 0 Å². The van der Waals surface area contributed by atoms with Crippen LogP contribution >= 0.6 is 27.3 Å². The van der Waals surface area contributed by atoms with Crippen molar-refractivity contribution in [3.63, 3.8) is 0 Å². The molecule has 0 aliphatic heterocycles. The van der Waals surface area contributed by atoms with Crippen molar-refractivity contribution in [1.82, 2.24) is 5.32 Å². The number of hydrogen-bond donors (Lipinski definition) is 1. The Hall–Kier alpha value is -0.640. The third-order valence-electron chi connectivity index (χ3n) is 3.49. The van der Waals surface area contributed by atoms with E-state index < -0.39 is 0 Å². The second-order valence-electron chi connectivity index (χ2n) is 6.63. The Morgan fingerprint density at radius 2 is 1.90 bits per heavy atom. The molecule has 0 amide bonds. The van der Waals surface area contributed by atoms with E-state index in [4.69, 9.17) is 0 Å². The summed E-state index contributed by atoms with van der Waals surface area (Å²) in [7, 11) is 0. The minimum Gasteiger partial charge on any atom is -0.312 e. The Bertz CT molecular complexity index is 543. The predicted molar refractivity (Wildman–Crippen MR) is 97.1 cm³/mol. The van der Waals surface area contributed by atoms with Gasteiger partial charge in [-0.25, -0.2) is 0 Å². The van der Waals surface area contributed by atoms with E-state index in [1.165, 1.54) is 15.6 Å². The van der Waals surface area contributed by atoms with Crippen molar-refractivity contribution >= 4 is 27.3 Å². The van der Waals surface area contributed by atoms with E-state index in [0.29, 0.717) is 5.92 Å². The van der Waals surface area contributed by atoms with Crippen LogP contribution in [0.2, 0.25) is 0 Å². The van der Waals surface area contributed by atoms with Crippen LogP contribution in [-0.2, 0) is 12.8 Å². The first kappa shape index (κ1) is 16.7. The van der Waals surface area contributed by atoms with Crippen molar-refractivity contribution in [3.8, 4) is 0 Å². The third kappa shape index (κ3) is 5.93. The Balaban J connectivity index is 2.06. The van der Waals surface area contributed by atoms with E-state index in [-0.39, 0.29) is 5.54 Å². The van der Waals surface area contributed by atoms with Gasteiger partial charge in [-0.15, -0.1) is 0 Å². The Kier molecular flexibility index (Phi) is 6.03. The summed E-state index contributed by atoms with van der Waals surface area (Å²) in [6.07, 6.45) is 2.23. The van der Waals surface area contributed by atoms with Gasteiger partial charge in [0.25, 0.3) is 0 Å². The van der Waals surface area contributed by atoms with Gasteiger partial charge in [0.1, 0.15) is 0 Å². The quantitative estimate of drug-likeness (QED) is 0.732. The largest absolute Gasteiger partial charge is 0.312 e. The predicted octanol–water partition coefficient (Wildman–Crippen LogP) is 5.30. The summed E-state index contributed by atoms with van der Waals surface area (Å²) in [4.78, 5) is 0. The summed E-state index contributed by atoms with van der Waals surface area (Å²) < 4.78 is 1.22. The summed E-state index contributed by atoms with van der Waals surface area (Å²) in [6, 6.07) is 10.8. The molecule has 0 fully saturated rings. The van der Waals surface area contributed by atoms with Crippen LogP contribution in [0.1, 0.15) is 31.9 Å². The van der Waals surface area contributed by atoms with E-state index in [2.05, 4.69) is 83.1 Å². The molecule has 3 heteroatoms. The molecular weight excluding hydrogens is 342 g/mol. The highest BCUT2D eigenvalue weighted by atomic mass is 79.9. The van der Waals surface area contributed by atoms with Gasteiger partial charge in [-0.05, 0) is 80.1 Å². The van der Waals surface area contributed by atoms with E-state index in [1.54, 1.807) is 11.3 Å². The zero-order valence-corrected chi connectivity index (χ0v) is 15.4. The molecule has 114 valence electrons. The van der Waals surface area contributed by atoms with Gasteiger partial charge >= 0.3 is 0 Å². The van der Waals surface area contributed by atoms with E-state index in [1.807, 2.05) is 0 Å². The molecule has 2 rings (SSSR count). The molecule has 0 bridgehead atoms. The lowest BCUT2D eigenvalue weighted by Gasteiger charge is -2.25.